The minimum Gasteiger partial charge on any atom is -0.457 e. The first kappa shape index (κ1) is 33.3. The lowest BCUT2D eigenvalue weighted by Crippen LogP contribution is -2.28. The fraction of sp³-hybridized carbons (Fsp3) is 0.176. The molecule has 4 nitrogen and oxygen atoms in total. The van der Waals surface area contributed by atoms with Crippen LogP contribution in [0.15, 0.2) is 152 Å². The molecule has 2 aliphatic heterocycles. The molecule has 0 fully saturated rings. The van der Waals surface area contributed by atoms with Crippen LogP contribution in [-0.4, -0.2) is 4.57 Å². The van der Waals surface area contributed by atoms with Crippen LogP contribution in [-0.2, 0) is 10.8 Å². The highest BCUT2D eigenvalue weighted by atomic mass is 16.5. The van der Waals surface area contributed by atoms with Crippen LogP contribution < -0.4 is 14.4 Å². The number of hydrogen-bond acceptors (Lipinski definition) is 3. The van der Waals surface area contributed by atoms with Crippen molar-refractivity contribution in [3.8, 4) is 34.1 Å². The van der Waals surface area contributed by atoms with Gasteiger partial charge in [-0.25, -0.2) is 0 Å². The standard InChI is InChI=1S/C51H44N2O2/c1-50(2,3)32-22-25-44-40(26-32)42-27-33(51(4,5)6)28-43-41-29-38(55-36-20-14-9-15-21-36)31-46-47(41)49(53(44)48(42)43)39-24-23-37(54-35-18-12-8-13-19-35)30-45(39)52(46)34-16-10-7-11-17-34/h7-31,49H,1-6H3. The van der Waals surface area contributed by atoms with Crippen molar-refractivity contribution >= 4 is 38.9 Å². The summed E-state index contributed by atoms with van der Waals surface area (Å²) in [4.78, 5) is 2.40. The summed E-state index contributed by atoms with van der Waals surface area (Å²) >= 11 is 0. The van der Waals surface area contributed by atoms with E-state index < -0.39 is 0 Å². The van der Waals surface area contributed by atoms with Gasteiger partial charge in [0.15, 0.2) is 0 Å². The molecule has 55 heavy (non-hydrogen) atoms. The van der Waals surface area contributed by atoms with Gasteiger partial charge in [-0.1, -0.05) is 108 Å². The van der Waals surface area contributed by atoms with E-state index >= 15 is 0 Å². The lowest BCUT2D eigenvalue weighted by atomic mass is 9.79. The molecule has 7 aromatic carbocycles. The number of benzene rings is 7. The third-order valence-corrected chi connectivity index (χ3v) is 11.3. The van der Waals surface area contributed by atoms with Crippen molar-refractivity contribution in [3.63, 3.8) is 0 Å². The van der Waals surface area contributed by atoms with Crippen molar-refractivity contribution in [2.24, 2.45) is 0 Å². The minimum absolute atomic E-state index is 0.00977. The molecule has 1 unspecified atom stereocenters. The van der Waals surface area contributed by atoms with Crippen molar-refractivity contribution in [1.82, 2.24) is 4.57 Å². The van der Waals surface area contributed by atoms with E-state index in [-0.39, 0.29) is 16.9 Å². The number of anilines is 3. The highest BCUT2D eigenvalue weighted by Gasteiger charge is 2.41. The maximum absolute atomic E-state index is 6.76. The van der Waals surface area contributed by atoms with Gasteiger partial charge in [-0.2, -0.15) is 0 Å². The second-order valence-electron chi connectivity index (χ2n) is 17.0. The second kappa shape index (κ2) is 12.1. The molecule has 1 aromatic heterocycles. The minimum atomic E-state index is -0.0926. The Kier molecular flexibility index (Phi) is 7.35. The molecule has 0 amide bonds. The number of nitrogens with zero attached hydrogens (tertiary/aromatic N) is 2. The number of ether oxygens (including phenoxy) is 2. The predicted molar refractivity (Wildman–Crippen MR) is 227 cm³/mol. The first-order chi connectivity index (χ1) is 26.5. The lowest BCUT2D eigenvalue weighted by molar-refractivity contribution is 0.481. The van der Waals surface area contributed by atoms with Crippen molar-refractivity contribution in [1.29, 1.82) is 0 Å². The van der Waals surface area contributed by atoms with E-state index in [0.717, 1.165) is 40.1 Å². The SMILES string of the molecule is CC(C)(C)c1ccc2c(c1)c1cc(C(C)(C)C)cc3c1n2C1c2ccc(Oc4ccccc4)cc2N(c2ccccc2)c2cc(Oc4ccccc4)cc-3c21. The molecule has 4 heteroatoms. The van der Waals surface area contributed by atoms with Gasteiger partial charge in [0.1, 0.15) is 23.0 Å². The molecular weight excluding hydrogens is 673 g/mol. The van der Waals surface area contributed by atoms with Crippen molar-refractivity contribution < 1.29 is 9.47 Å². The number of rotatable bonds is 5. The van der Waals surface area contributed by atoms with Crippen LogP contribution in [0.25, 0.3) is 32.9 Å². The zero-order valence-corrected chi connectivity index (χ0v) is 32.2. The van der Waals surface area contributed by atoms with E-state index in [2.05, 4.69) is 142 Å². The van der Waals surface area contributed by atoms with Crippen molar-refractivity contribution in [2.45, 2.75) is 58.4 Å². The maximum Gasteiger partial charge on any atom is 0.130 e. The molecule has 1 atom stereocenters. The molecule has 3 heterocycles. The van der Waals surface area contributed by atoms with Gasteiger partial charge in [-0.15, -0.1) is 0 Å². The number of para-hydroxylation sites is 3. The molecule has 0 saturated heterocycles. The largest absolute Gasteiger partial charge is 0.457 e. The fourth-order valence-electron chi connectivity index (χ4n) is 8.59. The summed E-state index contributed by atoms with van der Waals surface area (Å²) in [7, 11) is 0. The molecule has 0 spiro atoms. The van der Waals surface area contributed by atoms with Crippen LogP contribution in [0.4, 0.5) is 17.1 Å². The average molecular weight is 717 g/mol. The molecule has 0 radical (unpaired) electrons. The van der Waals surface area contributed by atoms with E-state index in [0.29, 0.717) is 0 Å². The maximum atomic E-state index is 6.76. The summed E-state index contributed by atoms with van der Waals surface area (Å²) in [6.45, 7) is 13.9. The van der Waals surface area contributed by atoms with Gasteiger partial charge in [0.2, 0.25) is 0 Å². The third kappa shape index (κ3) is 5.42. The van der Waals surface area contributed by atoms with Crippen LogP contribution in [0.1, 0.15) is 69.8 Å². The first-order valence-electron chi connectivity index (χ1n) is 19.3. The predicted octanol–water partition coefficient (Wildman–Crippen LogP) is 14.4. The van der Waals surface area contributed by atoms with Gasteiger partial charge < -0.3 is 18.9 Å². The lowest BCUT2D eigenvalue weighted by Gasteiger charge is -2.42. The van der Waals surface area contributed by atoms with E-state index in [1.54, 1.807) is 0 Å². The summed E-state index contributed by atoms with van der Waals surface area (Å²) in [6, 6.07) is 53.9. The molecule has 0 aliphatic carbocycles. The molecule has 0 saturated carbocycles. The molecule has 270 valence electrons. The molecule has 2 aliphatic rings. The van der Waals surface area contributed by atoms with E-state index in [1.807, 2.05) is 60.7 Å². The van der Waals surface area contributed by atoms with Crippen LogP contribution >= 0.6 is 0 Å². The van der Waals surface area contributed by atoms with Crippen molar-refractivity contribution in [2.75, 3.05) is 4.90 Å². The molecule has 8 aromatic rings. The van der Waals surface area contributed by atoms with E-state index in [1.165, 1.54) is 55.2 Å². The Balaban J connectivity index is 1.33. The Morgan fingerprint density at radius 2 is 1.07 bits per heavy atom. The van der Waals surface area contributed by atoms with Gasteiger partial charge >= 0.3 is 0 Å². The Morgan fingerprint density at radius 3 is 1.73 bits per heavy atom. The van der Waals surface area contributed by atoms with Gasteiger partial charge in [-0.3, -0.25) is 0 Å². The number of hydrogen-bond donors (Lipinski definition) is 0. The molecular formula is C51H44N2O2. The third-order valence-electron chi connectivity index (χ3n) is 11.3. The fourth-order valence-corrected chi connectivity index (χ4v) is 8.59. The topological polar surface area (TPSA) is 26.6 Å². The zero-order chi connectivity index (χ0) is 37.6. The van der Waals surface area contributed by atoms with Crippen LogP contribution in [0.3, 0.4) is 0 Å². The van der Waals surface area contributed by atoms with Gasteiger partial charge in [0.05, 0.1) is 28.5 Å². The quantitative estimate of drug-likeness (QED) is 0.177. The Hall–Kier alpha value is -6.26. The Bertz CT molecular complexity index is 2770. The van der Waals surface area contributed by atoms with E-state index in [4.69, 9.17) is 9.47 Å². The molecule has 0 bridgehead atoms. The Morgan fingerprint density at radius 1 is 0.473 bits per heavy atom. The summed E-state index contributed by atoms with van der Waals surface area (Å²) in [6.07, 6.45) is 0. The highest BCUT2D eigenvalue weighted by molar-refractivity contribution is 6.16. The molecule has 0 N–H and O–H groups in total. The Labute approximate surface area is 323 Å². The monoisotopic (exact) mass is 716 g/mol. The van der Waals surface area contributed by atoms with Crippen molar-refractivity contribution in [3.05, 3.63) is 174 Å². The van der Waals surface area contributed by atoms with Gasteiger partial charge in [0, 0.05) is 45.3 Å². The summed E-state index contributed by atoms with van der Waals surface area (Å²) in [5, 5.41) is 2.59. The smallest absolute Gasteiger partial charge is 0.130 e. The number of fused-ring (bicyclic) bond motifs is 7. The summed E-state index contributed by atoms with van der Waals surface area (Å²) < 4.78 is 15.9. The molecule has 10 rings (SSSR count). The highest BCUT2D eigenvalue weighted by Crippen LogP contribution is 2.59. The average Bonchev–Trinajstić information content (AvgIpc) is 3.50. The van der Waals surface area contributed by atoms with Gasteiger partial charge in [-0.05, 0) is 100 Å². The van der Waals surface area contributed by atoms with Crippen LogP contribution in [0.5, 0.6) is 23.0 Å². The first-order valence-corrected chi connectivity index (χ1v) is 19.3. The van der Waals surface area contributed by atoms with Gasteiger partial charge in [0.25, 0.3) is 0 Å². The van der Waals surface area contributed by atoms with E-state index in [9.17, 15) is 0 Å². The van der Waals surface area contributed by atoms with Crippen LogP contribution in [0, 0.1) is 0 Å². The number of aromatic nitrogens is 1. The summed E-state index contributed by atoms with van der Waals surface area (Å²) in [5.41, 5.74) is 13.3. The zero-order valence-electron chi connectivity index (χ0n) is 32.2. The second-order valence-corrected chi connectivity index (χ2v) is 17.0. The van der Waals surface area contributed by atoms with Crippen LogP contribution in [0.2, 0.25) is 0 Å². The normalized spacial score (nSPS) is 14.5. The summed E-state index contributed by atoms with van der Waals surface area (Å²) in [5.74, 6) is 3.20.